The second-order valence-corrected chi connectivity index (χ2v) is 3.31. The number of rotatable bonds is 2. The first kappa shape index (κ1) is 8.58. The van der Waals surface area contributed by atoms with E-state index < -0.39 is 6.10 Å². The molecule has 2 rings (SSSR count). The lowest BCUT2D eigenvalue weighted by molar-refractivity contribution is 0.124. The number of nitrogens with zero attached hydrogens (tertiary/aromatic N) is 4. The standard InChI is InChI=1S/C7H13N5O/c1-12-7(9-10-11-12)6(13)5-3-2-4-8-5/h5-6,8,13H,2-4H2,1H3/t5-,6?/m1/s1. The van der Waals surface area contributed by atoms with Gasteiger partial charge in [-0.3, -0.25) is 0 Å². The Balaban J connectivity index is 2.12. The Morgan fingerprint density at radius 2 is 2.54 bits per heavy atom. The summed E-state index contributed by atoms with van der Waals surface area (Å²) in [6, 6.07) is 0.102. The van der Waals surface area contributed by atoms with Gasteiger partial charge in [0.05, 0.1) is 0 Å². The summed E-state index contributed by atoms with van der Waals surface area (Å²) in [6.07, 6.45) is 1.49. The number of tetrazole rings is 1. The summed E-state index contributed by atoms with van der Waals surface area (Å²) in [5, 5.41) is 24.0. The molecule has 1 unspecified atom stereocenters. The highest BCUT2D eigenvalue weighted by atomic mass is 16.3. The Morgan fingerprint density at radius 3 is 3.08 bits per heavy atom. The van der Waals surface area contributed by atoms with Gasteiger partial charge in [0.15, 0.2) is 5.82 Å². The third-order valence-electron chi connectivity index (χ3n) is 2.40. The summed E-state index contributed by atoms with van der Waals surface area (Å²) in [7, 11) is 1.73. The van der Waals surface area contributed by atoms with Crippen molar-refractivity contribution in [3.8, 4) is 0 Å². The van der Waals surface area contributed by atoms with E-state index >= 15 is 0 Å². The number of hydrogen-bond donors (Lipinski definition) is 2. The Hall–Kier alpha value is -1.01. The molecule has 0 bridgehead atoms. The Bertz CT molecular complexity index is 280. The van der Waals surface area contributed by atoms with Crippen LogP contribution in [0.3, 0.4) is 0 Å². The molecule has 0 aliphatic carbocycles. The van der Waals surface area contributed by atoms with Crippen molar-refractivity contribution in [2.45, 2.75) is 25.0 Å². The lowest BCUT2D eigenvalue weighted by Crippen LogP contribution is -2.30. The minimum atomic E-state index is -0.595. The fourth-order valence-corrected chi connectivity index (χ4v) is 1.65. The summed E-state index contributed by atoms with van der Waals surface area (Å²) in [5.41, 5.74) is 0. The largest absolute Gasteiger partial charge is 0.383 e. The van der Waals surface area contributed by atoms with Crippen LogP contribution in [0.2, 0.25) is 0 Å². The number of nitrogens with one attached hydrogen (secondary N) is 1. The SMILES string of the molecule is Cn1nnnc1C(O)[C@H]1CCCN1. The number of aryl methyl sites for hydroxylation is 1. The fourth-order valence-electron chi connectivity index (χ4n) is 1.65. The van der Waals surface area contributed by atoms with Crippen LogP contribution in [0.15, 0.2) is 0 Å². The molecule has 0 saturated carbocycles. The zero-order valence-corrected chi connectivity index (χ0v) is 7.51. The summed E-state index contributed by atoms with van der Waals surface area (Å²) >= 11 is 0. The van der Waals surface area contributed by atoms with E-state index in [4.69, 9.17) is 0 Å². The molecule has 0 radical (unpaired) electrons. The van der Waals surface area contributed by atoms with Crippen LogP contribution < -0.4 is 5.32 Å². The van der Waals surface area contributed by atoms with E-state index in [9.17, 15) is 5.11 Å². The number of hydrogen-bond acceptors (Lipinski definition) is 5. The minimum Gasteiger partial charge on any atom is -0.383 e. The summed E-state index contributed by atoms with van der Waals surface area (Å²) < 4.78 is 1.50. The van der Waals surface area contributed by atoms with Gasteiger partial charge in [0.1, 0.15) is 6.10 Å². The van der Waals surface area contributed by atoms with Crippen molar-refractivity contribution in [1.29, 1.82) is 0 Å². The van der Waals surface area contributed by atoms with Crippen LogP contribution in [0.4, 0.5) is 0 Å². The monoisotopic (exact) mass is 183 g/mol. The minimum absolute atomic E-state index is 0.102. The van der Waals surface area contributed by atoms with Gasteiger partial charge in [-0.15, -0.1) is 5.10 Å². The van der Waals surface area contributed by atoms with Gasteiger partial charge in [0.25, 0.3) is 0 Å². The Labute approximate surface area is 75.9 Å². The quantitative estimate of drug-likeness (QED) is 0.614. The van der Waals surface area contributed by atoms with E-state index in [0.717, 1.165) is 19.4 Å². The highest BCUT2D eigenvalue weighted by Gasteiger charge is 2.27. The molecule has 1 aromatic rings. The van der Waals surface area contributed by atoms with Crippen LogP contribution in [-0.2, 0) is 7.05 Å². The third kappa shape index (κ3) is 1.54. The highest BCUT2D eigenvalue weighted by molar-refractivity contribution is 4.95. The van der Waals surface area contributed by atoms with Gasteiger partial charge in [0, 0.05) is 13.1 Å². The molecule has 0 amide bonds. The van der Waals surface area contributed by atoms with Crippen molar-refractivity contribution in [2.24, 2.45) is 7.05 Å². The van der Waals surface area contributed by atoms with E-state index in [0.29, 0.717) is 5.82 Å². The molecule has 2 atom stereocenters. The van der Waals surface area contributed by atoms with Gasteiger partial charge in [-0.1, -0.05) is 0 Å². The zero-order chi connectivity index (χ0) is 9.26. The molecule has 6 nitrogen and oxygen atoms in total. The van der Waals surface area contributed by atoms with Crippen molar-refractivity contribution < 1.29 is 5.11 Å². The predicted molar refractivity (Wildman–Crippen MR) is 44.8 cm³/mol. The summed E-state index contributed by atoms with van der Waals surface area (Å²) in [4.78, 5) is 0. The first-order chi connectivity index (χ1) is 6.29. The molecule has 72 valence electrons. The molecule has 1 aliphatic rings. The van der Waals surface area contributed by atoms with Crippen molar-refractivity contribution in [3.63, 3.8) is 0 Å². The molecule has 13 heavy (non-hydrogen) atoms. The molecule has 1 aliphatic heterocycles. The van der Waals surface area contributed by atoms with Crippen LogP contribution in [-0.4, -0.2) is 37.9 Å². The van der Waals surface area contributed by atoms with Crippen LogP contribution in [0.25, 0.3) is 0 Å². The van der Waals surface area contributed by atoms with Crippen molar-refractivity contribution >= 4 is 0 Å². The molecule has 1 fully saturated rings. The molecule has 0 aromatic carbocycles. The maximum Gasteiger partial charge on any atom is 0.181 e. The van der Waals surface area contributed by atoms with Gasteiger partial charge in [0.2, 0.25) is 0 Å². The van der Waals surface area contributed by atoms with E-state index in [1.807, 2.05) is 0 Å². The third-order valence-corrected chi connectivity index (χ3v) is 2.40. The second-order valence-electron chi connectivity index (χ2n) is 3.31. The zero-order valence-electron chi connectivity index (χ0n) is 7.51. The molecule has 6 heteroatoms. The van der Waals surface area contributed by atoms with E-state index in [1.165, 1.54) is 4.68 Å². The van der Waals surface area contributed by atoms with Gasteiger partial charge in [-0.2, -0.15) is 0 Å². The van der Waals surface area contributed by atoms with Crippen LogP contribution in [0.5, 0.6) is 0 Å². The van der Waals surface area contributed by atoms with Crippen molar-refractivity contribution in [3.05, 3.63) is 5.82 Å². The first-order valence-corrected chi connectivity index (χ1v) is 4.43. The lowest BCUT2D eigenvalue weighted by Gasteiger charge is -2.15. The molecular formula is C7H13N5O. The second kappa shape index (κ2) is 3.39. The van der Waals surface area contributed by atoms with Crippen LogP contribution in [0, 0.1) is 0 Å². The normalized spacial score (nSPS) is 24.9. The average Bonchev–Trinajstić information content (AvgIpc) is 2.72. The van der Waals surface area contributed by atoms with E-state index in [2.05, 4.69) is 20.8 Å². The summed E-state index contributed by atoms with van der Waals surface area (Å²) in [6.45, 7) is 0.965. The Kier molecular flexibility index (Phi) is 2.24. The summed E-state index contributed by atoms with van der Waals surface area (Å²) in [5.74, 6) is 0.527. The number of aromatic nitrogens is 4. The number of aliphatic hydroxyl groups excluding tert-OH is 1. The molecule has 1 aromatic heterocycles. The average molecular weight is 183 g/mol. The van der Waals surface area contributed by atoms with Gasteiger partial charge < -0.3 is 10.4 Å². The van der Waals surface area contributed by atoms with Crippen molar-refractivity contribution in [2.75, 3.05) is 6.54 Å². The van der Waals surface area contributed by atoms with Crippen molar-refractivity contribution in [1.82, 2.24) is 25.5 Å². The lowest BCUT2D eigenvalue weighted by atomic mass is 10.1. The van der Waals surface area contributed by atoms with E-state index in [1.54, 1.807) is 7.05 Å². The fraction of sp³-hybridized carbons (Fsp3) is 0.857. The highest BCUT2D eigenvalue weighted by Crippen LogP contribution is 2.19. The predicted octanol–water partition coefficient (Wildman–Crippen LogP) is -1.00. The molecule has 2 heterocycles. The van der Waals surface area contributed by atoms with Gasteiger partial charge in [-0.05, 0) is 29.8 Å². The maximum absolute atomic E-state index is 9.86. The molecule has 1 saturated heterocycles. The topological polar surface area (TPSA) is 75.9 Å². The maximum atomic E-state index is 9.86. The van der Waals surface area contributed by atoms with Crippen LogP contribution in [0.1, 0.15) is 24.8 Å². The molecule has 2 N–H and O–H groups in total. The molecule has 0 spiro atoms. The smallest absolute Gasteiger partial charge is 0.181 e. The van der Waals surface area contributed by atoms with Gasteiger partial charge in [-0.25, -0.2) is 4.68 Å². The molecular weight excluding hydrogens is 170 g/mol. The van der Waals surface area contributed by atoms with Crippen LogP contribution >= 0.6 is 0 Å². The Morgan fingerprint density at radius 1 is 1.69 bits per heavy atom. The van der Waals surface area contributed by atoms with Gasteiger partial charge >= 0.3 is 0 Å². The number of aliphatic hydroxyl groups is 1. The van der Waals surface area contributed by atoms with E-state index in [-0.39, 0.29) is 6.04 Å². The first-order valence-electron chi connectivity index (χ1n) is 4.43.